The van der Waals surface area contributed by atoms with Gasteiger partial charge in [0.25, 0.3) is 0 Å². The topological polar surface area (TPSA) is 64.9 Å². The molecule has 0 radical (unpaired) electrons. The van der Waals surface area contributed by atoms with E-state index in [9.17, 15) is 0 Å². The first kappa shape index (κ1) is 15.6. The SMILES string of the molecule is CCOC1CC(Nc2nccc(-n3cccn3)n2)C12CCCCC2. The monoisotopic (exact) mass is 327 g/mol. The van der Waals surface area contributed by atoms with Crippen LogP contribution >= 0.6 is 0 Å². The van der Waals surface area contributed by atoms with Gasteiger partial charge in [-0.25, -0.2) is 9.67 Å². The van der Waals surface area contributed by atoms with Gasteiger partial charge in [0.1, 0.15) is 0 Å². The van der Waals surface area contributed by atoms with Gasteiger partial charge in [0.15, 0.2) is 5.82 Å². The summed E-state index contributed by atoms with van der Waals surface area (Å²) in [6, 6.07) is 4.17. The lowest BCUT2D eigenvalue weighted by atomic mass is 9.55. The van der Waals surface area contributed by atoms with Crippen molar-refractivity contribution >= 4 is 5.95 Å². The van der Waals surface area contributed by atoms with Crippen molar-refractivity contribution in [3.05, 3.63) is 30.7 Å². The van der Waals surface area contributed by atoms with Gasteiger partial charge in [0.2, 0.25) is 5.95 Å². The smallest absolute Gasteiger partial charge is 0.224 e. The molecule has 0 bridgehead atoms. The summed E-state index contributed by atoms with van der Waals surface area (Å²) in [4.78, 5) is 9.04. The summed E-state index contributed by atoms with van der Waals surface area (Å²) >= 11 is 0. The molecule has 2 aromatic heterocycles. The van der Waals surface area contributed by atoms with E-state index in [1.165, 1.54) is 32.1 Å². The number of nitrogens with one attached hydrogen (secondary N) is 1. The van der Waals surface area contributed by atoms with Crippen molar-refractivity contribution in [1.82, 2.24) is 19.7 Å². The van der Waals surface area contributed by atoms with Crippen molar-refractivity contribution in [3.63, 3.8) is 0 Å². The standard InChI is InChI=1S/C18H25N5O/c1-2-24-15-13-14(18(15)8-4-3-5-9-18)21-17-19-11-7-16(22-17)23-12-6-10-20-23/h6-7,10-12,14-15H,2-5,8-9,13H2,1H3,(H,19,21,22). The van der Waals surface area contributed by atoms with Crippen molar-refractivity contribution in [2.24, 2.45) is 5.41 Å². The molecule has 24 heavy (non-hydrogen) atoms. The van der Waals surface area contributed by atoms with E-state index in [1.807, 2.05) is 18.3 Å². The molecule has 128 valence electrons. The van der Waals surface area contributed by atoms with Gasteiger partial charge in [-0.3, -0.25) is 0 Å². The lowest BCUT2D eigenvalue weighted by molar-refractivity contribution is -0.134. The first-order valence-corrected chi connectivity index (χ1v) is 9.03. The highest BCUT2D eigenvalue weighted by Crippen LogP contribution is 2.54. The van der Waals surface area contributed by atoms with Crippen LogP contribution in [0.1, 0.15) is 45.4 Å². The Balaban J connectivity index is 1.51. The largest absolute Gasteiger partial charge is 0.378 e. The second kappa shape index (κ2) is 6.51. The fourth-order valence-corrected chi connectivity index (χ4v) is 4.37. The van der Waals surface area contributed by atoms with E-state index in [0.717, 1.165) is 18.8 Å². The number of hydrogen-bond donors (Lipinski definition) is 1. The van der Waals surface area contributed by atoms with Crippen LogP contribution in [0.2, 0.25) is 0 Å². The highest BCUT2D eigenvalue weighted by atomic mass is 16.5. The number of hydrogen-bond acceptors (Lipinski definition) is 5. The molecule has 2 aliphatic carbocycles. The molecular weight excluding hydrogens is 302 g/mol. The lowest BCUT2D eigenvalue weighted by Gasteiger charge is -2.57. The molecule has 2 saturated carbocycles. The zero-order valence-electron chi connectivity index (χ0n) is 14.2. The van der Waals surface area contributed by atoms with Gasteiger partial charge in [-0.15, -0.1) is 0 Å². The fraction of sp³-hybridized carbons (Fsp3) is 0.611. The van der Waals surface area contributed by atoms with Crippen LogP contribution in [-0.2, 0) is 4.74 Å². The van der Waals surface area contributed by atoms with E-state index in [-0.39, 0.29) is 5.41 Å². The van der Waals surface area contributed by atoms with Crippen LogP contribution in [0, 0.1) is 5.41 Å². The molecule has 0 aromatic carbocycles. The van der Waals surface area contributed by atoms with Crippen LogP contribution in [0.15, 0.2) is 30.7 Å². The molecule has 2 atom stereocenters. The average Bonchev–Trinajstić information content (AvgIpc) is 3.17. The van der Waals surface area contributed by atoms with Crippen molar-refractivity contribution in [2.75, 3.05) is 11.9 Å². The van der Waals surface area contributed by atoms with E-state index in [2.05, 4.69) is 27.3 Å². The number of ether oxygens (including phenoxy) is 1. The van der Waals surface area contributed by atoms with E-state index in [1.54, 1.807) is 17.1 Å². The Morgan fingerprint density at radius 3 is 2.92 bits per heavy atom. The van der Waals surface area contributed by atoms with Gasteiger partial charge in [0, 0.05) is 42.7 Å². The van der Waals surface area contributed by atoms with Gasteiger partial charge < -0.3 is 10.1 Å². The van der Waals surface area contributed by atoms with Crippen LogP contribution in [-0.4, -0.2) is 38.5 Å². The van der Waals surface area contributed by atoms with E-state index in [0.29, 0.717) is 18.1 Å². The highest BCUT2D eigenvalue weighted by Gasteiger charge is 2.55. The van der Waals surface area contributed by atoms with Crippen molar-refractivity contribution in [1.29, 1.82) is 0 Å². The third-order valence-corrected chi connectivity index (χ3v) is 5.62. The first-order valence-electron chi connectivity index (χ1n) is 9.03. The quantitative estimate of drug-likeness (QED) is 0.913. The third kappa shape index (κ3) is 2.69. The second-order valence-electron chi connectivity index (χ2n) is 6.86. The molecule has 0 amide bonds. The van der Waals surface area contributed by atoms with Crippen LogP contribution in [0.25, 0.3) is 5.82 Å². The minimum Gasteiger partial charge on any atom is -0.378 e. The zero-order valence-corrected chi connectivity index (χ0v) is 14.2. The molecule has 2 aliphatic rings. The zero-order chi connectivity index (χ0) is 16.4. The summed E-state index contributed by atoms with van der Waals surface area (Å²) in [6.45, 7) is 2.89. The molecule has 2 fully saturated rings. The first-order chi connectivity index (χ1) is 11.8. The second-order valence-corrected chi connectivity index (χ2v) is 6.86. The summed E-state index contributed by atoms with van der Waals surface area (Å²) in [7, 11) is 0. The Labute approximate surface area is 142 Å². The van der Waals surface area contributed by atoms with Crippen LogP contribution in [0.5, 0.6) is 0 Å². The predicted octanol–water partition coefficient (Wildman–Crippen LogP) is 3.20. The summed E-state index contributed by atoms with van der Waals surface area (Å²) in [5.41, 5.74) is 0.263. The molecule has 0 saturated heterocycles. The fourth-order valence-electron chi connectivity index (χ4n) is 4.37. The normalized spacial score (nSPS) is 25.4. The van der Waals surface area contributed by atoms with E-state index >= 15 is 0 Å². The number of rotatable bonds is 5. The summed E-state index contributed by atoms with van der Waals surface area (Å²) in [5, 5.41) is 7.83. The minimum absolute atomic E-state index is 0.263. The highest BCUT2D eigenvalue weighted by molar-refractivity contribution is 5.35. The molecule has 2 unspecified atom stereocenters. The molecule has 4 rings (SSSR count). The molecule has 6 nitrogen and oxygen atoms in total. The summed E-state index contributed by atoms with van der Waals surface area (Å²) in [6.07, 6.45) is 13.3. The minimum atomic E-state index is 0.263. The van der Waals surface area contributed by atoms with Crippen molar-refractivity contribution in [2.45, 2.75) is 57.6 Å². The van der Waals surface area contributed by atoms with Gasteiger partial charge in [-0.05, 0) is 32.3 Å². The molecule has 2 heterocycles. The van der Waals surface area contributed by atoms with Gasteiger partial charge in [0.05, 0.1) is 6.10 Å². The van der Waals surface area contributed by atoms with E-state index in [4.69, 9.17) is 4.74 Å². The maximum atomic E-state index is 6.03. The molecule has 2 aromatic rings. The molecule has 0 aliphatic heterocycles. The molecular formula is C18H25N5O. The molecule has 1 N–H and O–H groups in total. The number of aromatic nitrogens is 4. The maximum Gasteiger partial charge on any atom is 0.224 e. The molecule has 1 spiro atoms. The van der Waals surface area contributed by atoms with Crippen molar-refractivity contribution in [3.8, 4) is 5.82 Å². The van der Waals surface area contributed by atoms with Gasteiger partial charge >= 0.3 is 0 Å². The Morgan fingerprint density at radius 2 is 2.17 bits per heavy atom. The van der Waals surface area contributed by atoms with E-state index < -0.39 is 0 Å². The Bertz CT molecular complexity index is 666. The summed E-state index contributed by atoms with van der Waals surface area (Å²) < 4.78 is 7.78. The van der Waals surface area contributed by atoms with Crippen molar-refractivity contribution < 1.29 is 4.74 Å². The van der Waals surface area contributed by atoms with Crippen LogP contribution in [0.4, 0.5) is 5.95 Å². The Hall–Kier alpha value is -1.95. The molecule has 6 heteroatoms. The number of anilines is 1. The van der Waals surface area contributed by atoms with Crippen LogP contribution < -0.4 is 5.32 Å². The maximum absolute atomic E-state index is 6.03. The predicted molar refractivity (Wildman–Crippen MR) is 92.1 cm³/mol. The van der Waals surface area contributed by atoms with Gasteiger partial charge in [-0.2, -0.15) is 10.1 Å². The van der Waals surface area contributed by atoms with Gasteiger partial charge in [-0.1, -0.05) is 19.3 Å². The Morgan fingerprint density at radius 1 is 1.29 bits per heavy atom. The third-order valence-electron chi connectivity index (χ3n) is 5.62. The number of nitrogens with zero attached hydrogens (tertiary/aromatic N) is 4. The lowest BCUT2D eigenvalue weighted by Crippen LogP contribution is -2.62. The average molecular weight is 327 g/mol. The summed E-state index contributed by atoms with van der Waals surface area (Å²) in [5.74, 6) is 1.48. The Kier molecular flexibility index (Phi) is 4.22. The van der Waals surface area contributed by atoms with Crippen LogP contribution in [0.3, 0.4) is 0 Å².